The van der Waals surface area contributed by atoms with E-state index in [1.54, 1.807) is 6.08 Å². The molecule has 0 aromatic carbocycles. The molecular weight excluding hydrogens is 911 g/mol. The van der Waals surface area contributed by atoms with E-state index in [4.69, 9.17) is 4.74 Å². The van der Waals surface area contributed by atoms with E-state index < -0.39 is 12.1 Å². The zero-order valence-corrected chi connectivity index (χ0v) is 49.8. The number of aliphatic hydroxyl groups excluding tert-OH is 2. The molecule has 0 radical (unpaired) electrons. The average Bonchev–Trinajstić information content (AvgIpc) is 3.40. The number of esters is 1. The average molecular weight is 1040 g/mol. The van der Waals surface area contributed by atoms with Crippen LogP contribution in [0.3, 0.4) is 0 Å². The Kier molecular flexibility index (Phi) is 62.0. The van der Waals surface area contributed by atoms with Gasteiger partial charge in [-0.25, -0.2) is 0 Å². The number of allylic oxidation sites excluding steroid dienone is 5. The predicted octanol–water partition coefficient (Wildman–Crippen LogP) is 21.1. The molecule has 0 heterocycles. The van der Waals surface area contributed by atoms with Gasteiger partial charge in [0, 0.05) is 12.8 Å². The topological polar surface area (TPSA) is 95.9 Å². The van der Waals surface area contributed by atoms with Gasteiger partial charge >= 0.3 is 5.97 Å². The van der Waals surface area contributed by atoms with Crippen LogP contribution in [0.1, 0.15) is 361 Å². The highest BCUT2D eigenvalue weighted by molar-refractivity contribution is 5.76. The van der Waals surface area contributed by atoms with Gasteiger partial charge in [0.25, 0.3) is 0 Å². The van der Waals surface area contributed by atoms with E-state index in [2.05, 4.69) is 43.5 Å². The third-order valence-electron chi connectivity index (χ3n) is 15.4. The second-order valence-electron chi connectivity index (χ2n) is 22.8. The summed E-state index contributed by atoms with van der Waals surface area (Å²) < 4.78 is 5.49. The van der Waals surface area contributed by atoms with Gasteiger partial charge < -0.3 is 20.3 Å². The van der Waals surface area contributed by atoms with E-state index >= 15 is 0 Å². The van der Waals surface area contributed by atoms with E-state index in [-0.39, 0.29) is 18.5 Å². The van der Waals surface area contributed by atoms with Crippen LogP contribution in [0.25, 0.3) is 0 Å². The molecule has 0 spiro atoms. The number of ether oxygens (including phenoxy) is 1. The summed E-state index contributed by atoms with van der Waals surface area (Å²) in [4.78, 5) is 24.5. The summed E-state index contributed by atoms with van der Waals surface area (Å²) >= 11 is 0. The molecule has 0 saturated carbocycles. The minimum atomic E-state index is -0.841. The summed E-state index contributed by atoms with van der Waals surface area (Å²) in [5.74, 6) is -0.0508. The highest BCUT2D eigenvalue weighted by Crippen LogP contribution is 2.18. The normalized spacial score (nSPS) is 12.8. The molecule has 6 heteroatoms. The molecule has 74 heavy (non-hydrogen) atoms. The maximum absolute atomic E-state index is 12.4. The number of rotatable bonds is 62. The number of amides is 1. The van der Waals surface area contributed by atoms with Gasteiger partial charge in [-0.05, 0) is 64.2 Å². The Balaban J connectivity index is 3.36. The lowest BCUT2D eigenvalue weighted by molar-refractivity contribution is -0.143. The molecule has 6 nitrogen and oxygen atoms in total. The van der Waals surface area contributed by atoms with Gasteiger partial charge in [0.15, 0.2) is 0 Å². The van der Waals surface area contributed by atoms with Crippen LogP contribution in [-0.2, 0) is 14.3 Å². The third kappa shape index (κ3) is 59.3. The van der Waals surface area contributed by atoms with Crippen LogP contribution in [0, 0.1) is 0 Å². The van der Waals surface area contributed by atoms with Crippen LogP contribution >= 0.6 is 0 Å². The largest absolute Gasteiger partial charge is 0.466 e. The molecule has 0 aromatic rings. The molecule has 0 aliphatic rings. The van der Waals surface area contributed by atoms with Crippen LogP contribution in [0.15, 0.2) is 36.5 Å². The number of hydrogen-bond donors (Lipinski definition) is 3. The quantitative estimate of drug-likeness (QED) is 0.0320. The van der Waals surface area contributed by atoms with Crippen molar-refractivity contribution in [2.45, 2.75) is 373 Å². The van der Waals surface area contributed by atoms with Crippen molar-refractivity contribution in [3.8, 4) is 0 Å². The highest BCUT2D eigenvalue weighted by Gasteiger charge is 2.18. The molecule has 0 rings (SSSR count). The molecule has 1 amide bonds. The fraction of sp³-hybridized carbons (Fsp3) is 0.882. The van der Waals surface area contributed by atoms with E-state index in [9.17, 15) is 19.8 Å². The van der Waals surface area contributed by atoms with Crippen LogP contribution in [0.4, 0.5) is 0 Å². The summed E-state index contributed by atoms with van der Waals surface area (Å²) in [6.07, 6.45) is 80.8. The van der Waals surface area contributed by atoms with Gasteiger partial charge in [0.05, 0.1) is 25.4 Å². The van der Waals surface area contributed by atoms with Gasteiger partial charge in [-0.3, -0.25) is 9.59 Å². The van der Waals surface area contributed by atoms with E-state index in [1.165, 1.54) is 289 Å². The highest BCUT2D eigenvalue weighted by atomic mass is 16.5. The lowest BCUT2D eigenvalue weighted by Gasteiger charge is -2.20. The van der Waals surface area contributed by atoms with E-state index in [0.717, 1.165) is 44.9 Å². The number of unbranched alkanes of at least 4 members (excludes halogenated alkanes) is 47. The number of hydrogen-bond acceptors (Lipinski definition) is 5. The monoisotopic (exact) mass is 1040 g/mol. The summed E-state index contributed by atoms with van der Waals surface area (Å²) in [5, 5.41) is 23.0. The molecule has 0 aliphatic carbocycles. The fourth-order valence-corrected chi connectivity index (χ4v) is 10.3. The lowest BCUT2D eigenvalue weighted by Crippen LogP contribution is -2.45. The zero-order valence-electron chi connectivity index (χ0n) is 49.8. The summed E-state index contributed by atoms with van der Waals surface area (Å²) in [5.41, 5.74) is 0. The predicted molar refractivity (Wildman–Crippen MR) is 324 cm³/mol. The molecule has 3 N–H and O–H groups in total. The van der Waals surface area contributed by atoms with Crippen molar-refractivity contribution in [3.05, 3.63) is 36.5 Å². The van der Waals surface area contributed by atoms with Crippen molar-refractivity contribution >= 4 is 11.9 Å². The SMILES string of the molecule is CCCCCCCCCC/C=C/C(O)C(CO)NC(=O)CCCCCCCCCCCCCCCCCCC/C=C\C/C=C\CCCCCCCCCCCOC(=O)CCCCCCCCCCCCCCCC. The van der Waals surface area contributed by atoms with Gasteiger partial charge in [-0.2, -0.15) is 0 Å². The zero-order chi connectivity index (χ0) is 53.6. The number of aliphatic hydroxyl groups is 2. The van der Waals surface area contributed by atoms with Gasteiger partial charge in [-0.15, -0.1) is 0 Å². The fourth-order valence-electron chi connectivity index (χ4n) is 10.3. The Labute approximate surface area is 462 Å². The molecule has 0 fully saturated rings. The Morgan fingerprint density at radius 3 is 1.03 bits per heavy atom. The Bertz CT molecular complexity index is 1200. The minimum absolute atomic E-state index is 0.0163. The Hall–Kier alpha value is -1.92. The van der Waals surface area contributed by atoms with E-state index in [0.29, 0.717) is 19.4 Å². The maximum atomic E-state index is 12.4. The van der Waals surface area contributed by atoms with Crippen LogP contribution < -0.4 is 5.32 Å². The van der Waals surface area contributed by atoms with Gasteiger partial charge in [0.2, 0.25) is 5.91 Å². The summed E-state index contributed by atoms with van der Waals surface area (Å²) in [7, 11) is 0. The van der Waals surface area contributed by atoms with Crippen molar-refractivity contribution in [2.24, 2.45) is 0 Å². The standard InChI is InChI=1S/C68H129NO5/c1-3-5-7-9-11-13-15-16-39-42-46-50-54-58-62-68(73)74-63-59-55-51-47-43-40-37-35-33-31-29-27-25-23-21-19-17-18-20-22-24-26-28-30-32-34-36-38-41-45-49-53-57-61-67(72)69-65(64-70)66(71)60-56-52-48-44-14-12-10-8-6-4-2/h21,23,27,29,56,60,65-66,70-71H,3-20,22,24-26,28,30-55,57-59,61-64H2,1-2H3,(H,69,72)/b23-21-,29-27-,60-56+. The van der Waals surface area contributed by atoms with Crippen LogP contribution in [0.2, 0.25) is 0 Å². The first-order chi connectivity index (χ1) is 36.5. The summed E-state index contributed by atoms with van der Waals surface area (Å²) in [6.45, 7) is 4.90. The second-order valence-corrected chi connectivity index (χ2v) is 22.8. The Morgan fingerprint density at radius 1 is 0.378 bits per heavy atom. The summed E-state index contributed by atoms with van der Waals surface area (Å²) in [6, 6.07) is -0.624. The number of nitrogens with one attached hydrogen (secondary N) is 1. The third-order valence-corrected chi connectivity index (χ3v) is 15.4. The van der Waals surface area contributed by atoms with Crippen molar-refractivity contribution in [1.29, 1.82) is 0 Å². The molecule has 0 aromatic heterocycles. The first-order valence-corrected chi connectivity index (χ1v) is 33.3. The van der Waals surface area contributed by atoms with Gasteiger partial charge in [0.1, 0.15) is 0 Å². The van der Waals surface area contributed by atoms with Crippen molar-refractivity contribution in [3.63, 3.8) is 0 Å². The first kappa shape index (κ1) is 72.1. The number of carbonyl (C=O) groups excluding carboxylic acids is 2. The number of carbonyl (C=O) groups is 2. The maximum Gasteiger partial charge on any atom is 0.305 e. The lowest BCUT2D eigenvalue weighted by atomic mass is 10.0. The van der Waals surface area contributed by atoms with Crippen molar-refractivity contribution in [2.75, 3.05) is 13.2 Å². The molecule has 0 bridgehead atoms. The van der Waals surface area contributed by atoms with Crippen molar-refractivity contribution in [1.82, 2.24) is 5.32 Å². The first-order valence-electron chi connectivity index (χ1n) is 33.3. The molecule has 436 valence electrons. The van der Waals surface area contributed by atoms with Crippen LogP contribution in [0.5, 0.6) is 0 Å². The minimum Gasteiger partial charge on any atom is -0.466 e. The Morgan fingerprint density at radius 2 is 0.676 bits per heavy atom. The van der Waals surface area contributed by atoms with Crippen LogP contribution in [-0.4, -0.2) is 47.4 Å². The van der Waals surface area contributed by atoms with Gasteiger partial charge in [-0.1, -0.05) is 320 Å². The molecule has 2 unspecified atom stereocenters. The molecule has 2 atom stereocenters. The second kappa shape index (κ2) is 63.6. The molecule has 0 saturated heterocycles. The van der Waals surface area contributed by atoms with Crippen molar-refractivity contribution < 1.29 is 24.5 Å². The molecular formula is C68H129NO5. The smallest absolute Gasteiger partial charge is 0.305 e. The molecule has 0 aliphatic heterocycles. The van der Waals surface area contributed by atoms with E-state index in [1.807, 2.05) is 6.08 Å².